The third-order valence-corrected chi connectivity index (χ3v) is 4.05. The highest BCUT2D eigenvalue weighted by molar-refractivity contribution is 5.30. The lowest BCUT2D eigenvalue weighted by molar-refractivity contribution is 0.0165. The fourth-order valence-corrected chi connectivity index (χ4v) is 3.02. The van der Waals surface area contributed by atoms with E-state index in [0.29, 0.717) is 12.1 Å². The van der Waals surface area contributed by atoms with Crippen LogP contribution >= 0.6 is 0 Å². The van der Waals surface area contributed by atoms with Gasteiger partial charge in [-0.1, -0.05) is 48.6 Å². The highest BCUT2D eigenvalue weighted by Crippen LogP contribution is 2.23. The Balaban J connectivity index is 1.95. The summed E-state index contributed by atoms with van der Waals surface area (Å²) < 4.78 is 6.11. The van der Waals surface area contributed by atoms with Crippen molar-refractivity contribution >= 4 is 0 Å². The first-order valence-corrected chi connectivity index (χ1v) is 7.56. The molecule has 1 unspecified atom stereocenters. The third-order valence-electron chi connectivity index (χ3n) is 4.05. The predicted octanol–water partition coefficient (Wildman–Crippen LogP) is 3.91. The van der Waals surface area contributed by atoms with Gasteiger partial charge in [0.1, 0.15) is 0 Å². The maximum absolute atomic E-state index is 6.11. The number of ether oxygens (including phenoxy) is 1. The Morgan fingerprint density at radius 3 is 2.32 bits per heavy atom. The molecule has 0 aliphatic heterocycles. The van der Waals surface area contributed by atoms with Crippen LogP contribution < -0.4 is 5.32 Å². The minimum Gasteiger partial charge on any atom is -0.376 e. The monoisotopic (exact) mass is 261 g/mol. The van der Waals surface area contributed by atoms with Crippen molar-refractivity contribution < 1.29 is 4.74 Å². The van der Waals surface area contributed by atoms with Crippen molar-refractivity contribution in [3.63, 3.8) is 0 Å². The topological polar surface area (TPSA) is 21.3 Å². The zero-order valence-electron chi connectivity index (χ0n) is 12.5. The molecule has 2 heteroatoms. The Morgan fingerprint density at radius 1 is 1.11 bits per heavy atom. The summed E-state index contributed by atoms with van der Waals surface area (Å²) in [5, 5.41) is 3.39. The van der Waals surface area contributed by atoms with E-state index in [9.17, 15) is 0 Å². The van der Waals surface area contributed by atoms with E-state index in [4.69, 9.17) is 4.74 Å². The van der Waals surface area contributed by atoms with Crippen LogP contribution in [0, 0.1) is 13.8 Å². The molecule has 1 aromatic rings. The van der Waals surface area contributed by atoms with Gasteiger partial charge in [-0.2, -0.15) is 0 Å². The van der Waals surface area contributed by atoms with Gasteiger partial charge >= 0.3 is 0 Å². The minimum atomic E-state index is 0.306. The second-order valence-corrected chi connectivity index (χ2v) is 5.86. The zero-order valence-corrected chi connectivity index (χ0v) is 12.5. The van der Waals surface area contributed by atoms with Crippen molar-refractivity contribution in [2.75, 3.05) is 13.7 Å². The first-order chi connectivity index (χ1) is 9.19. The van der Waals surface area contributed by atoms with Crippen molar-refractivity contribution in [1.82, 2.24) is 5.32 Å². The standard InChI is InChI=1S/C17H27NO/c1-13-9-14(2)11-15(10-13)17(18-3)12-19-16-7-5-4-6-8-16/h9-11,16-18H,4-8,12H2,1-3H3. The molecule has 0 aromatic heterocycles. The fraction of sp³-hybridized carbons (Fsp3) is 0.647. The highest BCUT2D eigenvalue weighted by atomic mass is 16.5. The van der Waals surface area contributed by atoms with Gasteiger partial charge in [-0.15, -0.1) is 0 Å². The molecule has 0 saturated heterocycles. The molecule has 1 saturated carbocycles. The van der Waals surface area contributed by atoms with Gasteiger partial charge in [0.15, 0.2) is 0 Å². The smallest absolute Gasteiger partial charge is 0.0665 e. The molecule has 1 aromatic carbocycles. The summed E-state index contributed by atoms with van der Waals surface area (Å²) in [4.78, 5) is 0. The average Bonchev–Trinajstić information content (AvgIpc) is 2.39. The normalized spacial score (nSPS) is 18.5. The van der Waals surface area contributed by atoms with Crippen molar-refractivity contribution in [2.45, 2.75) is 58.1 Å². The number of hydrogen-bond acceptors (Lipinski definition) is 2. The number of likely N-dealkylation sites (N-methyl/N-ethyl adjacent to an activating group) is 1. The van der Waals surface area contributed by atoms with Gasteiger partial charge in [-0.3, -0.25) is 0 Å². The molecule has 0 amide bonds. The Labute approximate surface area is 117 Å². The molecule has 1 N–H and O–H groups in total. The molecular weight excluding hydrogens is 234 g/mol. The van der Waals surface area contributed by atoms with Gasteiger partial charge in [0.05, 0.1) is 18.8 Å². The van der Waals surface area contributed by atoms with Crippen LogP contribution in [-0.2, 0) is 4.74 Å². The van der Waals surface area contributed by atoms with Crippen molar-refractivity contribution in [3.8, 4) is 0 Å². The molecule has 19 heavy (non-hydrogen) atoms. The van der Waals surface area contributed by atoms with E-state index in [2.05, 4.69) is 37.4 Å². The van der Waals surface area contributed by atoms with Crippen LogP contribution in [0.25, 0.3) is 0 Å². The number of benzene rings is 1. The molecule has 1 atom stereocenters. The summed E-state index contributed by atoms with van der Waals surface area (Å²) in [6.07, 6.45) is 7.01. The maximum Gasteiger partial charge on any atom is 0.0665 e. The summed E-state index contributed by atoms with van der Waals surface area (Å²) in [7, 11) is 2.02. The minimum absolute atomic E-state index is 0.306. The van der Waals surface area contributed by atoms with E-state index < -0.39 is 0 Å². The number of aryl methyl sites for hydroxylation is 2. The van der Waals surface area contributed by atoms with Crippen molar-refractivity contribution in [1.29, 1.82) is 0 Å². The summed E-state index contributed by atoms with van der Waals surface area (Å²) in [5.41, 5.74) is 4.00. The second-order valence-electron chi connectivity index (χ2n) is 5.86. The number of nitrogens with one attached hydrogen (secondary N) is 1. The molecule has 2 nitrogen and oxygen atoms in total. The molecule has 2 rings (SSSR count). The van der Waals surface area contributed by atoms with E-state index in [1.165, 1.54) is 48.8 Å². The molecule has 1 aliphatic rings. The quantitative estimate of drug-likeness (QED) is 0.867. The summed E-state index contributed by atoms with van der Waals surface area (Å²) in [6, 6.07) is 7.05. The highest BCUT2D eigenvalue weighted by Gasteiger charge is 2.17. The molecule has 0 bridgehead atoms. The van der Waals surface area contributed by atoms with Crippen LogP contribution in [0.15, 0.2) is 18.2 Å². The van der Waals surface area contributed by atoms with Crippen molar-refractivity contribution in [3.05, 3.63) is 34.9 Å². The van der Waals surface area contributed by atoms with E-state index >= 15 is 0 Å². The van der Waals surface area contributed by atoms with Crippen LogP contribution in [0.3, 0.4) is 0 Å². The SMILES string of the molecule is CNC(COC1CCCCC1)c1cc(C)cc(C)c1. The van der Waals surface area contributed by atoms with Crippen LogP contribution in [0.4, 0.5) is 0 Å². The lowest BCUT2D eigenvalue weighted by Gasteiger charge is -2.25. The first kappa shape index (κ1) is 14.5. The summed E-state index contributed by atoms with van der Waals surface area (Å²) in [5.74, 6) is 0. The lowest BCUT2D eigenvalue weighted by atomic mass is 9.97. The largest absolute Gasteiger partial charge is 0.376 e. The van der Waals surface area contributed by atoms with Gasteiger partial charge in [0.25, 0.3) is 0 Å². The van der Waals surface area contributed by atoms with Gasteiger partial charge < -0.3 is 10.1 Å². The summed E-state index contributed by atoms with van der Waals surface area (Å²) in [6.45, 7) is 5.10. The molecular formula is C17H27NO. The van der Waals surface area contributed by atoms with Crippen molar-refractivity contribution in [2.24, 2.45) is 0 Å². The van der Waals surface area contributed by atoms with E-state index in [1.807, 2.05) is 7.05 Å². The lowest BCUT2D eigenvalue weighted by Crippen LogP contribution is -2.26. The first-order valence-electron chi connectivity index (χ1n) is 7.56. The van der Waals surface area contributed by atoms with Gasteiger partial charge in [0.2, 0.25) is 0 Å². The van der Waals surface area contributed by atoms with Crippen LogP contribution in [0.5, 0.6) is 0 Å². The van der Waals surface area contributed by atoms with Crippen LogP contribution in [0.2, 0.25) is 0 Å². The molecule has 1 fully saturated rings. The Hall–Kier alpha value is -0.860. The molecule has 0 radical (unpaired) electrons. The van der Waals surface area contributed by atoms with Gasteiger partial charge in [-0.05, 0) is 39.3 Å². The molecule has 1 aliphatic carbocycles. The molecule has 0 heterocycles. The van der Waals surface area contributed by atoms with Gasteiger partial charge in [0, 0.05) is 0 Å². The Kier molecular flexibility index (Phi) is 5.41. The van der Waals surface area contributed by atoms with E-state index in [1.54, 1.807) is 0 Å². The zero-order chi connectivity index (χ0) is 13.7. The third kappa shape index (κ3) is 4.32. The van der Waals surface area contributed by atoms with Crippen LogP contribution in [0.1, 0.15) is 54.8 Å². The predicted molar refractivity (Wildman–Crippen MR) is 80.5 cm³/mol. The number of hydrogen-bond donors (Lipinski definition) is 1. The fourth-order valence-electron chi connectivity index (χ4n) is 3.02. The average molecular weight is 261 g/mol. The molecule has 106 valence electrons. The maximum atomic E-state index is 6.11. The summed E-state index contributed by atoms with van der Waals surface area (Å²) >= 11 is 0. The van der Waals surface area contributed by atoms with Gasteiger partial charge in [-0.25, -0.2) is 0 Å². The number of rotatable bonds is 5. The van der Waals surface area contributed by atoms with E-state index in [-0.39, 0.29) is 0 Å². The van der Waals surface area contributed by atoms with E-state index in [0.717, 1.165) is 6.61 Å². The second kappa shape index (κ2) is 7.06. The Morgan fingerprint density at radius 2 is 1.74 bits per heavy atom. The Bertz CT molecular complexity index is 376. The molecule has 0 spiro atoms. The van der Waals surface area contributed by atoms with Crippen LogP contribution in [-0.4, -0.2) is 19.8 Å².